The van der Waals surface area contributed by atoms with Crippen molar-refractivity contribution >= 4 is 29.9 Å². The maximum Gasteiger partial charge on any atom is 0.191 e. The summed E-state index contributed by atoms with van der Waals surface area (Å²) in [6.45, 7) is 8.07. The van der Waals surface area contributed by atoms with Gasteiger partial charge < -0.3 is 10.6 Å². The van der Waals surface area contributed by atoms with Crippen LogP contribution in [0, 0.1) is 13.8 Å². The van der Waals surface area contributed by atoms with Gasteiger partial charge in [-0.1, -0.05) is 0 Å². The summed E-state index contributed by atoms with van der Waals surface area (Å²) < 4.78 is 1.94. The molecule has 0 amide bonds. The molecule has 0 saturated carbocycles. The van der Waals surface area contributed by atoms with Gasteiger partial charge in [-0.3, -0.25) is 9.67 Å². The van der Waals surface area contributed by atoms with E-state index in [1.54, 1.807) is 0 Å². The largest absolute Gasteiger partial charge is 0.356 e. The average molecular weight is 363 g/mol. The smallest absolute Gasteiger partial charge is 0.191 e. The zero-order valence-corrected chi connectivity index (χ0v) is 13.8. The number of hydrogen-bond donors (Lipinski definition) is 2. The molecule has 1 unspecified atom stereocenters. The number of aromatic nitrogens is 2. The van der Waals surface area contributed by atoms with E-state index >= 15 is 0 Å². The van der Waals surface area contributed by atoms with E-state index in [4.69, 9.17) is 0 Å². The summed E-state index contributed by atoms with van der Waals surface area (Å²) in [5, 5.41) is 11.0. The average Bonchev–Trinajstić information content (AvgIpc) is 2.78. The minimum atomic E-state index is 0. The van der Waals surface area contributed by atoms with Gasteiger partial charge in [0.2, 0.25) is 0 Å². The predicted molar refractivity (Wildman–Crippen MR) is 84.7 cm³/mol. The third-order valence-corrected chi connectivity index (χ3v) is 3.23. The molecule has 2 N–H and O–H groups in total. The molecule has 0 fully saturated rings. The molecule has 2 heterocycles. The second kappa shape index (κ2) is 6.40. The molecule has 0 aromatic carbocycles. The first kappa shape index (κ1) is 15.3. The van der Waals surface area contributed by atoms with Crippen LogP contribution < -0.4 is 10.6 Å². The summed E-state index contributed by atoms with van der Waals surface area (Å²) in [6, 6.07) is 0.458. The van der Waals surface area contributed by atoms with Crippen LogP contribution in [0.2, 0.25) is 0 Å². The number of guanidine groups is 1. The van der Waals surface area contributed by atoms with Gasteiger partial charge in [0.25, 0.3) is 0 Å². The topological polar surface area (TPSA) is 54.2 Å². The van der Waals surface area contributed by atoms with Gasteiger partial charge in [0, 0.05) is 25.3 Å². The summed E-state index contributed by atoms with van der Waals surface area (Å²) >= 11 is 0. The lowest BCUT2D eigenvalue weighted by molar-refractivity contribution is 0.711. The predicted octanol–water partition coefficient (Wildman–Crippen LogP) is 1.13. The minimum absolute atomic E-state index is 0. The fourth-order valence-corrected chi connectivity index (χ4v) is 2.15. The van der Waals surface area contributed by atoms with Crippen LogP contribution in [0.15, 0.2) is 4.99 Å². The summed E-state index contributed by atoms with van der Waals surface area (Å²) in [6.07, 6.45) is 0.987. The van der Waals surface area contributed by atoms with Crippen LogP contribution >= 0.6 is 24.0 Å². The lowest BCUT2D eigenvalue weighted by Crippen LogP contribution is -2.38. The van der Waals surface area contributed by atoms with E-state index in [0.29, 0.717) is 6.04 Å². The van der Waals surface area contributed by atoms with Gasteiger partial charge in [0.15, 0.2) is 5.96 Å². The quantitative estimate of drug-likeness (QED) is 0.792. The van der Waals surface area contributed by atoms with E-state index in [-0.39, 0.29) is 24.0 Å². The fraction of sp³-hybridized carbons (Fsp3) is 0.667. The number of nitrogens with one attached hydrogen (secondary N) is 2. The van der Waals surface area contributed by atoms with Crippen LogP contribution in [0.1, 0.15) is 23.9 Å². The number of hydrogen-bond acceptors (Lipinski definition) is 4. The van der Waals surface area contributed by atoms with Gasteiger partial charge in [0.1, 0.15) is 0 Å². The first-order chi connectivity index (χ1) is 8.08. The Morgan fingerprint density at radius 1 is 1.44 bits per heavy atom. The first-order valence-electron chi connectivity index (χ1n) is 6.12. The standard InChI is InChI=1S/C12H21N5.HI/c1-8-7-14-12(15-8)13-6-5-11-9(2)16-17(4)10(11)3;/h8H,5-7H2,1-4H3,(H2,13,14,15);1H. The molecule has 1 aliphatic rings. The number of aryl methyl sites for hydroxylation is 2. The van der Waals surface area contributed by atoms with Crippen molar-refractivity contribution in [2.75, 3.05) is 13.1 Å². The number of nitrogens with zero attached hydrogens (tertiary/aromatic N) is 3. The Bertz CT molecular complexity index is 438. The number of halogens is 1. The van der Waals surface area contributed by atoms with Crippen molar-refractivity contribution in [2.24, 2.45) is 12.0 Å². The van der Waals surface area contributed by atoms with E-state index in [2.05, 4.69) is 41.5 Å². The summed E-state index contributed by atoms with van der Waals surface area (Å²) in [7, 11) is 1.99. The van der Waals surface area contributed by atoms with Crippen molar-refractivity contribution in [1.82, 2.24) is 20.4 Å². The second-order valence-electron chi connectivity index (χ2n) is 4.68. The first-order valence-corrected chi connectivity index (χ1v) is 6.12. The van der Waals surface area contributed by atoms with E-state index in [9.17, 15) is 0 Å². The van der Waals surface area contributed by atoms with Gasteiger partial charge in [-0.2, -0.15) is 5.10 Å². The highest BCUT2D eigenvalue weighted by Gasteiger charge is 2.12. The third kappa shape index (κ3) is 3.37. The molecule has 0 bridgehead atoms. The van der Waals surface area contributed by atoms with Gasteiger partial charge in [-0.15, -0.1) is 24.0 Å². The highest BCUT2D eigenvalue weighted by atomic mass is 127. The Kier molecular flexibility index (Phi) is 5.43. The molecule has 0 spiro atoms. The SMILES string of the molecule is Cc1nn(C)c(C)c1CCNC1=NCC(C)N1.I. The lowest BCUT2D eigenvalue weighted by atomic mass is 10.1. The molecule has 2 rings (SSSR count). The highest BCUT2D eigenvalue weighted by molar-refractivity contribution is 14.0. The molecule has 0 radical (unpaired) electrons. The number of aliphatic imine (C=N–C) groups is 1. The maximum absolute atomic E-state index is 4.42. The maximum atomic E-state index is 4.42. The second-order valence-corrected chi connectivity index (χ2v) is 4.68. The molecule has 6 heteroatoms. The molecular weight excluding hydrogens is 341 g/mol. The van der Waals surface area contributed by atoms with Gasteiger partial charge in [-0.05, 0) is 32.8 Å². The normalized spacial score (nSPS) is 18.0. The van der Waals surface area contributed by atoms with E-state index in [0.717, 1.165) is 31.2 Å². The fourth-order valence-electron chi connectivity index (χ4n) is 2.15. The summed E-state index contributed by atoms with van der Waals surface area (Å²) in [5.41, 5.74) is 3.71. The molecule has 102 valence electrons. The van der Waals surface area contributed by atoms with E-state index in [1.165, 1.54) is 11.3 Å². The molecular formula is C12H22IN5. The van der Waals surface area contributed by atoms with Crippen LogP contribution in [0.3, 0.4) is 0 Å². The molecule has 5 nitrogen and oxygen atoms in total. The van der Waals surface area contributed by atoms with Crippen molar-refractivity contribution < 1.29 is 0 Å². The highest BCUT2D eigenvalue weighted by Crippen LogP contribution is 2.11. The Balaban J connectivity index is 0.00000162. The van der Waals surface area contributed by atoms with Gasteiger partial charge >= 0.3 is 0 Å². The molecule has 1 aromatic heterocycles. The van der Waals surface area contributed by atoms with Crippen molar-refractivity contribution in [2.45, 2.75) is 33.2 Å². The zero-order valence-electron chi connectivity index (χ0n) is 11.4. The van der Waals surface area contributed by atoms with E-state index in [1.807, 2.05) is 11.7 Å². The van der Waals surface area contributed by atoms with Crippen LogP contribution in [-0.4, -0.2) is 34.9 Å². The molecule has 18 heavy (non-hydrogen) atoms. The number of rotatable bonds is 3. The van der Waals surface area contributed by atoms with Crippen LogP contribution in [0.25, 0.3) is 0 Å². The molecule has 1 atom stereocenters. The van der Waals surface area contributed by atoms with Crippen LogP contribution in [0.4, 0.5) is 0 Å². The Morgan fingerprint density at radius 3 is 2.67 bits per heavy atom. The van der Waals surface area contributed by atoms with Crippen molar-refractivity contribution in [3.63, 3.8) is 0 Å². The van der Waals surface area contributed by atoms with Crippen molar-refractivity contribution in [1.29, 1.82) is 0 Å². The lowest BCUT2D eigenvalue weighted by Gasteiger charge is -2.08. The Hall–Kier alpha value is -0.790. The Labute approximate surface area is 125 Å². The zero-order chi connectivity index (χ0) is 12.4. The van der Waals surface area contributed by atoms with Crippen molar-refractivity contribution in [3.8, 4) is 0 Å². The van der Waals surface area contributed by atoms with Crippen LogP contribution in [-0.2, 0) is 13.5 Å². The summed E-state index contributed by atoms with van der Waals surface area (Å²) in [5.74, 6) is 0.927. The monoisotopic (exact) mass is 363 g/mol. The minimum Gasteiger partial charge on any atom is -0.356 e. The van der Waals surface area contributed by atoms with Crippen LogP contribution in [0.5, 0.6) is 0 Å². The third-order valence-electron chi connectivity index (χ3n) is 3.23. The molecule has 1 aliphatic heterocycles. The molecule has 0 aliphatic carbocycles. The summed E-state index contributed by atoms with van der Waals surface area (Å²) in [4.78, 5) is 4.37. The van der Waals surface area contributed by atoms with E-state index < -0.39 is 0 Å². The molecule has 0 saturated heterocycles. The van der Waals surface area contributed by atoms with Gasteiger partial charge in [-0.25, -0.2) is 0 Å². The van der Waals surface area contributed by atoms with Gasteiger partial charge in [0.05, 0.1) is 12.2 Å². The molecule has 1 aromatic rings. The Morgan fingerprint density at radius 2 is 2.17 bits per heavy atom. The van der Waals surface area contributed by atoms with Crippen molar-refractivity contribution in [3.05, 3.63) is 17.0 Å².